The summed E-state index contributed by atoms with van der Waals surface area (Å²) in [6.45, 7) is 2.42. The van der Waals surface area contributed by atoms with E-state index < -0.39 is 27.2 Å². The first-order chi connectivity index (χ1) is 10.7. The third kappa shape index (κ3) is 15.4. The van der Waals surface area contributed by atoms with Crippen molar-refractivity contribution in [1.82, 2.24) is 0 Å². The summed E-state index contributed by atoms with van der Waals surface area (Å²) >= 11 is 0. The van der Waals surface area contributed by atoms with E-state index in [4.69, 9.17) is 24.5 Å². The van der Waals surface area contributed by atoms with E-state index >= 15 is 0 Å². The van der Waals surface area contributed by atoms with Gasteiger partial charge < -0.3 is 9.79 Å². The minimum absolute atomic E-state index is 0.219. The Labute approximate surface area is 139 Å². The number of unbranched alkanes of at least 4 members (excludes halogenated alkanes) is 9. The predicted octanol–water partition coefficient (Wildman–Crippen LogP) is 3.22. The van der Waals surface area contributed by atoms with Gasteiger partial charge in [-0.25, -0.2) is 0 Å². The number of rotatable bonds is 14. The van der Waals surface area contributed by atoms with Gasteiger partial charge in [-0.3, -0.25) is 9.56 Å². The lowest BCUT2D eigenvalue weighted by Gasteiger charge is -2.09. The first kappa shape index (κ1) is 23.1. The molecular weight excluding hydrogens is 340 g/mol. The molecule has 23 heavy (non-hydrogen) atoms. The van der Waals surface area contributed by atoms with Gasteiger partial charge in [0.05, 0.1) is 0 Å². The molecular formula is C14H32NO6P2+. The number of hydrogen-bond donors (Lipinski definition) is 5. The van der Waals surface area contributed by atoms with E-state index in [0.717, 1.165) is 19.3 Å². The van der Waals surface area contributed by atoms with Crippen LogP contribution in [0.4, 0.5) is 0 Å². The molecule has 0 aliphatic heterocycles. The second kappa shape index (κ2) is 12.5. The highest BCUT2D eigenvalue weighted by molar-refractivity contribution is 7.74. The Balaban J connectivity index is 3.83. The lowest BCUT2D eigenvalue weighted by Crippen LogP contribution is -2.10. The maximum atomic E-state index is 11.2. The van der Waals surface area contributed by atoms with Crippen molar-refractivity contribution in [2.24, 2.45) is 4.99 Å². The summed E-state index contributed by atoms with van der Waals surface area (Å²) in [6, 6.07) is 0. The third-order valence-corrected chi connectivity index (χ3v) is 5.44. The van der Waals surface area contributed by atoms with E-state index in [0.29, 0.717) is 6.42 Å². The average molecular weight is 372 g/mol. The molecule has 0 aromatic heterocycles. The van der Waals surface area contributed by atoms with Crippen LogP contribution >= 0.6 is 15.5 Å². The molecule has 0 amide bonds. The van der Waals surface area contributed by atoms with Crippen LogP contribution in [0.15, 0.2) is 4.99 Å². The first-order valence-electron chi connectivity index (χ1n) is 8.32. The second-order valence-corrected chi connectivity index (χ2v) is 9.18. The molecule has 0 aliphatic carbocycles. The summed E-state index contributed by atoms with van der Waals surface area (Å²) in [5, 5.41) is 0. The molecule has 0 unspecified atom stereocenters. The van der Waals surface area contributed by atoms with Crippen molar-refractivity contribution < 1.29 is 29.0 Å². The Morgan fingerprint density at radius 2 is 1.30 bits per heavy atom. The van der Waals surface area contributed by atoms with Gasteiger partial charge >= 0.3 is 15.5 Å². The topological polar surface area (TPSA) is 131 Å². The van der Waals surface area contributed by atoms with Gasteiger partial charge in [0.15, 0.2) is 11.6 Å². The van der Waals surface area contributed by atoms with E-state index in [2.05, 4.69) is 11.9 Å². The summed E-state index contributed by atoms with van der Waals surface area (Å²) in [5.41, 5.74) is -0.630. The molecule has 7 nitrogen and oxygen atoms in total. The Bertz CT molecular complexity index is 378. The van der Waals surface area contributed by atoms with Crippen LogP contribution in [0.5, 0.6) is 0 Å². The Morgan fingerprint density at radius 3 is 1.70 bits per heavy atom. The average Bonchev–Trinajstić information content (AvgIpc) is 2.41. The number of aliphatic imine (C=N–C) groups is 1. The minimum Gasteiger partial charge on any atom is -0.320 e. The van der Waals surface area contributed by atoms with Crippen LogP contribution in [0.25, 0.3) is 0 Å². The van der Waals surface area contributed by atoms with Gasteiger partial charge in [-0.05, 0) is 6.42 Å². The molecule has 0 spiro atoms. The van der Waals surface area contributed by atoms with Crippen molar-refractivity contribution in [2.75, 3.05) is 12.7 Å². The zero-order valence-electron chi connectivity index (χ0n) is 14.0. The molecule has 0 bridgehead atoms. The molecule has 0 radical (unpaired) electrons. The summed E-state index contributed by atoms with van der Waals surface area (Å²) in [4.78, 5) is 48.7. The molecule has 0 atom stereocenters. The summed E-state index contributed by atoms with van der Waals surface area (Å²) < 4.78 is 11.2. The van der Waals surface area contributed by atoms with Crippen LogP contribution in [-0.2, 0) is 4.57 Å². The van der Waals surface area contributed by atoms with Crippen molar-refractivity contribution in [1.29, 1.82) is 0 Å². The number of nitrogens with zero attached hydrogens (tertiary/aromatic N) is 1. The second-order valence-electron chi connectivity index (χ2n) is 5.87. The molecule has 5 N–H and O–H groups in total. The van der Waals surface area contributed by atoms with Gasteiger partial charge in [-0.2, -0.15) is 14.7 Å². The van der Waals surface area contributed by atoms with Gasteiger partial charge in [0, 0.05) is 6.54 Å². The fraction of sp³-hybridized carbons (Fsp3) is 0.929. The van der Waals surface area contributed by atoms with Crippen molar-refractivity contribution in [3.63, 3.8) is 0 Å². The first-order valence-corrected chi connectivity index (χ1v) is 11.8. The summed E-state index contributed by atoms with van der Waals surface area (Å²) in [6.07, 6.45) is 10.6. The molecule has 138 valence electrons. The SMILES string of the molecule is CCCCCCCCCCCCN=C(C[P+](O)(O)O)P(=O)(O)O. The molecule has 9 heteroatoms. The van der Waals surface area contributed by atoms with Gasteiger partial charge in [0.1, 0.15) is 0 Å². The maximum absolute atomic E-state index is 11.2. The quantitative estimate of drug-likeness (QED) is 0.181. The normalized spacial score (nSPS) is 13.6. The Morgan fingerprint density at radius 1 is 0.870 bits per heavy atom. The minimum atomic E-state index is -4.65. The largest absolute Gasteiger partial charge is 0.410 e. The van der Waals surface area contributed by atoms with Gasteiger partial charge in [-0.1, -0.05) is 64.7 Å². The predicted molar refractivity (Wildman–Crippen MR) is 94.6 cm³/mol. The van der Waals surface area contributed by atoms with E-state index in [1.165, 1.54) is 38.5 Å². The zero-order valence-corrected chi connectivity index (χ0v) is 15.8. The maximum Gasteiger partial charge on any atom is 0.410 e. The molecule has 0 fully saturated rings. The molecule has 0 aromatic rings. The molecule has 0 aromatic carbocycles. The lowest BCUT2D eigenvalue weighted by molar-refractivity contribution is 0.335. The zero-order chi connectivity index (χ0) is 17.8. The van der Waals surface area contributed by atoms with Crippen LogP contribution in [-0.4, -0.2) is 42.6 Å². The van der Waals surface area contributed by atoms with Gasteiger partial charge in [0.25, 0.3) is 0 Å². The molecule has 0 heterocycles. The Hall–Kier alpha value is 0.130. The van der Waals surface area contributed by atoms with Crippen LogP contribution in [0.2, 0.25) is 0 Å². The highest BCUT2D eigenvalue weighted by Gasteiger charge is 2.39. The van der Waals surface area contributed by atoms with Gasteiger partial charge in [-0.15, -0.1) is 0 Å². The molecule has 0 aliphatic rings. The highest BCUT2D eigenvalue weighted by Crippen LogP contribution is 2.50. The van der Waals surface area contributed by atoms with E-state index in [1.54, 1.807) is 0 Å². The third-order valence-electron chi connectivity index (χ3n) is 3.50. The summed E-state index contributed by atoms with van der Waals surface area (Å²) in [7, 11) is -8.93. The van der Waals surface area contributed by atoms with Crippen LogP contribution in [0.1, 0.15) is 71.1 Å². The van der Waals surface area contributed by atoms with Gasteiger partial charge in [0.2, 0.25) is 0 Å². The van der Waals surface area contributed by atoms with Crippen molar-refractivity contribution >= 4 is 21.0 Å². The monoisotopic (exact) mass is 372 g/mol. The number of hydrogen-bond acceptors (Lipinski definition) is 5. The van der Waals surface area contributed by atoms with Crippen molar-refractivity contribution in [3.05, 3.63) is 0 Å². The summed E-state index contributed by atoms with van der Waals surface area (Å²) in [5.74, 6) is 0. The van der Waals surface area contributed by atoms with Crippen molar-refractivity contribution in [3.8, 4) is 0 Å². The molecule has 0 rings (SSSR count). The highest BCUT2D eigenvalue weighted by atomic mass is 31.2. The van der Waals surface area contributed by atoms with Crippen LogP contribution in [0.3, 0.4) is 0 Å². The van der Waals surface area contributed by atoms with E-state index in [9.17, 15) is 4.57 Å². The molecule has 0 saturated heterocycles. The fourth-order valence-corrected chi connectivity index (χ4v) is 4.30. The lowest BCUT2D eigenvalue weighted by atomic mass is 10.1. The molecule has 0 saturated carbocycles. The Kier molecular flexibility index (Phi) is 12.6. The van der Waals surface area contributed by atoms with Crippen LogP contribution < -0.4 is 0 Å². The van der Waals surface area contributed by atoms with E-state index in [1.807, 2.05) is 0 Å². The van der Waals surface area contributed by atoms with Crippen LogP contribution in [0, 0.1) is 0 Å². The fourth-order valence-electron chi connectivity index (χ4n) is 2.23. The van der Waals surface area contributed by atoms with Crippen molar-refractivity contribution in [2.45, 2.75) is 71.1 Å². The van der Waals surface area contributed by atoms with E-state index in [-0.39, 0.29) is 6.54 Å². The standard InChI is InChI=1S/C14H31NO6P2/c1-2-3-4-5-6-7-8-9-10-11-12-15-14(23(19,20)21)13-22(16,17)18/h16-18H,2-13H2,1H3,(H-,19,20,21)/p+1. The smallest absolute Gasteiger partial charge is 0.320 e.